The Hall–Kier alpha value is -5.86. The highest BCUT2D eigenvalue weighted by atomic mass is 14.9. The van der Waals surface area contributed by atoms with Gasteiger partial charge in [-0.15, -0.1) is 0 Å². The number of unbranched alkanes of at least 4 members (excludes halogenated alkanes) is 10. The van der Waals surface area contributed by atoms with Crippen LogP contribution in [0.1, 0.15) is 113 Å². The maximum atomic E-state index is 5.58. The molecule has 8 aromatic carbocycles. The zero-order valence-electron chi connectivity index (χ0n) is 37.5. The molecule has 312 valence electrons. The van der Waals surface area contributed by atoms with E-state index >= 15 is 0 Å². The molecule has 0 aliphatic heterocycles. The summed E-state index contributed by atoms with van der Waals surface area (Å²) in [5.41, 5.74) is 11.0. The van der Waals surface area contributed by atoms with Crippen molar-refractivity contribution in [2.75, 3.05) is 0 Å². The van der Waals surface area contributed by atoms with Crippen molar-refractivity contribution in [1.82, 2.24) is 9.97 Å². The van der Waals surface area contributed by atoms with Crippen LogP contribution in [0.3, 0.4) is 0 Å². The highest BCUT2D eigenvalue weighted by Crippen LogP contribution is 2.39. The lowest BCUT2D eigenvalue weighted by Crippen LogP contribution is -2.02. The number of benzene rings is 8. The largest absolute Gasteiger partial charge is 0.228 e. The van der Waals surface area contributed by atoms with Gasteiger partial charge >= 0.3 is 0 Å². The third-order valence-corrected chi connectivity index (χ3v) is 13.4. The molecular weight excluding hydrogens is 749 g/mol. The predicted octanol–water partition coefficient (Wildman–Crippen LogP) is 17.7. The van der Waals surface area contributed by atoms with Crippen molar-refractivity contribution in [3.05, 3.63) is 156 Å². The molecular formula is C60H62N2. The third-order valence-electron chi connectivity index (χ3n) is 13.4. The van der Waals surface area contributed by atoms with Crippen LogP contribution < -0.4 is 0 Å². The third kappa shape index (κ3) is 8.89. The van der Waals surface area contributed by atoms with E-state index in [9.17, 15) is 0 Å². The highest BCUT2D eigenvalue weighted by molar-refractivity contribution is 6.25. The SMILES string of the molecule is CCCCCCCCc1cc(-c2cc(-c3ccc4cc5cc(C)ccc5cc4c3)nc(-c3ccc4c5ccccc5c5ccccc5c4c3)n2)c(CCCCCCCC)cc1C. The van der Waals surface area contributed by atoms with Crippen LogP contribution in [-0.4, -0.2) is 9.97 Å². The molecule has 0 unspecified atom stereocenters. The molecule has 9 rings (SSSR count). The molecule has 0 amide bonds. The summed E-state index contributed by atoms with van der Waals surface area (Å²) in [5.74, 6) is 0.772. The van der Waals surface area contributed by atoms with E-state index in [4.69, 9.17) is 9.97 Å². The van der Waals surface area contributed by atoms with Crippen LogP contribution in [0.4, 0.5) is 0 Å². The van der Waals surface area contributed by atoms with Gasteiger partial charge in [-0.3, -0.25) is 0 Å². The molecule has 2 heteroatoms. The average molecular weight is 811 g/mol. The second-order valence-electron chi connectivity index (χ2n) is 18.0. The van der Waals surface area contributed by atoms with Crippen LogP contribution in [0.5, 0.6) is 0 Å². The second-order valence-corrected chi connectivity index (χ2v) is 18.0. The molecule has 0 saturated carbocycles. The van der Waals surface area contributed by atoms with E-state index in [1.54, 1.807) is 0 Å². The first kappa shape index (κ1) is 41.5. The summed E-state index contributed by atoms with van der Waals surface area (Å²) in [6.07, 6.45) is 17.7. The van der Waals surface area contributed by atoms with E-state index in [1.807, 2.05) is 0 Å². The number of nitrogens with zero attached hydrogens (tertiary/aromatic N) is 2. The van der Waals surface area contributed by atoms with Gasteiger partial charge in [-0.05, 0) is 146 Å². The van der Waals surface area contributed by atoms with Gasteiger partial charge in [0.25, 0.3) is 0 Å². The number of hydrogen-bond acceptors (Lipinski definition) is 2. The summed E-state index contributed by atoms with van der Waals surface area (Å²) in [7, 11) is 0. The number of fused-ring (bicyclic) bond motifs is 8. The molecule has 0 N–H and O–H groups in total. The number of aromatic nitrogens is 2. The molecule has 0 atom stereocenters. The Labute approximate surface area is 369 Å². The minimum absolute atomic E-state index is 0.772. The summed E-state index contributed by atoms with van der Waals surface area (Å²) >= 11 is 0. The summed E-state index contributed by atoms with van der Waals surface area (Å²) in [4.78, 5) is 11.1. The Kier molecular flexibility index (Phi) is 12.7. The van der Waals surface area contributed by atoms with E-state index in [1.165, 1.54) is 159 Å². The van der Waals surface area contributed by atoms with E-state index in [-0.39, 0.29) is 0 Å². The van der Waals surface area contributed by atoms with Crippen molar-refractivity contribution in [2.24, 2.45) is 0 Å². The Balaban J connectivity index is 1.20. The number of aryl methyl sites for hydroxylation is 4. The smallest absolute Gasteiger partial charge is 0.160 e. The lowest BCUT2D eigenvalue weighted by Gasteiger charge is -2.17. The molecule has 0 aliphatic carbocycles. The topological polar surface area (TPSA) is 25.8 Å². The summed E-state index contributed by atoms with van der Waals surface area (Å²) in [6, 6.07) is 50.1. The second kappa shape index (κ2) is 19.0. The van der Waals surface area contributed by atoms with Crippen LogP contribution >= 0.6 is 0 Å². The molecule has 0 aliphatic rings. The van der Waals surface area contributed by atoms with Gasteiger partial charge in [-0.25, -0.2) is 9.97 Å². The number of rotatable bonds is 17. The van der Waals surface area contributed by atoms with Crippen molar-refractivity contribution in [1.29, 1.82) is 0 Å². The van der Waals surface area contributed by atoms with Gasteiger partial charge in [0.05, 0.1) is 11.4 Å². The van der Waals surface area contributed by atoms with Crippen molar-refractivity contribution < 1.29 is 0 Å². The molecule has 9 aromatic rings. The van der Waals surface area contributed by atoms with E-state index in [0.29, 0.717) is 0 Å². The molecule has 0 radical (unpaired) electrons. The van der Waals surface area contributed by atoms with Crippen molar-refractivity contribution in [2.45, 2.75) is 118 Å². The molecule has 0 saturated heterocycles. The van der Waals surface area contributed by atoms with Crippen molar-refractivity contribution in [3.63, 3.8) is 0 Å². The Morgan fingerprint density at radius 3 is 1.56 bits per heavy atom. The van der Waals surface area contributed by atoms with Gasteiger partial charge in [0.1, 0.15) is 0 Å². The predicted molar refractivity (Wildman–Crippen MR) is 270 cm³/mol. The highest BCUT2D eigenvalue weighted by Gasteiger charge is 2.18. The molecule has 1 aromatic heterocycles. The monoisotopic (exact) mass is 810 g/mol. The van der Waals surface area contributed by atoms with Crippen LogP contribution in [0.15, 0.2) is 133 Å². The molecule has 2 nitrogen and oxygen atoms in total. The Morgan fingerprint density at radius 2 is 0.903 bits per heavy atom. The summed E-state index contributed by atoms with van der Waals surface area (Å²) in [6.45, 7) is 9.10. The summed E-state index contributed by atoms with van der Waals surface area (Å²) in [5, 5.41) is 12.6. The molecule has 0 spiro atoms. The average Bonchev–Trinajstić information content (AvgIpc) is 3.30. The first-order chi connectivity index (χ1) is 30.5. The standard InChI is InChI=1S/C60H62N2/c1-5-7-9-11-13-15-21-43-38-56(46(34-42(43)4)22-16-14-12-10-8-6-2)59-40-58(47-30-29-45-35-49-33-41(3)27-28-44(49)36-50(45)37-47)61-60(62-59)48-31-32-55-53-25-18-17-23-51(53)52-24-19-20-26-54(52)57(55)39-48/h17-20,23-40H,5-16,21-22H2,1-4H3. The minimum Gasteiger partial charge on any atom is -0.228 e. The Bertz CT molecular complexity index is 2990. The zero-order valence-corrected chi connectivity index (χ0v) is 37.5. The van der Waals surface area contributed by atoms with E-state index in [0.717, 1.165) is 41.2 Å². The van der Waals surface area contributed by atoms with Gasteiger partial charge < -0.3 is 0 Å². The zero-order chi connectivity index (χ0) is 42.4. The fourth-order valence-corrected chi connectivity index (χ4v) is 9.90. The van der Waals surface area contributed by atoms with Crippen LogP contribution in [0, 0.1) is 13.8 Å². The quantitative estimate of drug-likeness (QED) is 0.0520. The van der Waals surface area contributed by atoms with Gasteiger partial charge in [0.15, 0.2) is 5.82 Å². The number of hydrogen-bond donors (Lipinski definition) is 0. The summed E-state index contributed by atoms with van der Waals surface area (Å²) < 4.78 is 0. The Morgan fingerprint density at radius 1 is 0.371 bits per heavy atom. The maximum Gasteiger partial charge on any atom is 0.160 e. The van der Waals surface area contributed by atoms with Crippen molar-refractivity contribution in [3.8, 4) is 33.9 Å². The van der Waals surface area contributed by atoms with Gasteiger partial charge in [0, 0.05) is 16.7 Å². The van der Waals surface area contributed by atoms with Crippen molar-refractivity contribution >= 4 is 53.9 Å². The van der Waals surface area contributed by atoms with Crippen LogP contribution in [0.2, 0.25) is 0 Å². The molecule has 62 heavy (non-hydrogen) atoms. The fourth-order valence-electron chi connectivity index (χ4n) is 9.90. The first-order valence-corrected chi connectivity index (χ1v) is 23.8. The maximum absolute atomic E-state index is 5.58. The van der Waals surface area contributed by atoms with Gasteiger partial charge in [-0.1, -0.05) is 181 Å². The lowest BCUT2D eigenvalue weighted by molar-refractivity contribution is 0.605. The molecule has 1 heterocycles. The normalized spacial score (nSPS) is 11.8. The van der Waals surface area contributed by atoms with Crippen LogP contribution in [-0.2, 0) is 12.8 Å². The van der Waals surface area contributed by atoms with Crippen LogP contribution in [0.25, 0.3) is 87.8 Å². The lowest BCUT2D eigenvalue weighted by atomic mass is 9.90. The van der Waals surface area contributed by atoms with Gasteiger partial charge in [-0.2, -0.15) is 0 Å². The van der Waals surface area contributed by atoms with Gasteiger partial charge in [0.2, 0.25) is 0 Å². The fraction of sp³-hybridized carbons (Fsp3) is 0.300. The molecule has 0 bridgehead atoms. The van der Waals surface area contributed by atoms with E-state index in [2.05, 4.69) is 161 Å². The molecule has 0 fully saturated rings. The van der Waals surface area contributed by atoms with E-state index < -0.39 is 0 Å². The minimum atomic E-state index is 0.772. The first-order valence-electron chi connectivity index (χ1n) is 23.8.